The van der Waals surface area contributed by atoms with Crippen LogP contribution >= 0.6 is 0 Å². The molecule has 0 aliphatic heterocycles. The maximum Gasteiger partial charge on any atom is 0.119 e. The van der Waals surface area contributed by atoms with E-state index in [0.29, 0.717) is 0 Å². The van der Waals surface area contributed by atoms with Crippen molar-refractivity contribution in [2.75, 3.05) is 6.61 Å². The van der Waals surface area contributed by atoms with Crippen molar-refractivity contribution in [1.29, 1.82) is 0 Å². The molecule has 0 heterocycles. The van der Waals surface area contributed by atoms with Crippen molar-refractivity contribution >= 4 is 0 Å². The van der Waals surface area contributed by atoms with E-state index in [2.05, 4.69) is 38.1 Å². The topological polar surface area (TPSA) is 9.23 Å². The summed E-state index contributed by atoms with van der Waals surface area (Å²) in [7, 11) is 0. The van der Waals surface area contributed by atoms with Crippen LogP contribution < -0.4 is 4.74 Å². The van der Waals surface area contributed by atoms with E-state index in [9.17, 15) is 0 Å². The fraction of sp³-hybridized carbons (Fsp3) is 0.812. The van der Waals surface area contributed by atoms with Gasteiger partial charge in [0.05, 0.1) is 6.61 Å². The molecular weight excluding hydrogens is 400 g/mol. The lowest BCUT2D eigenvalue weighted by Gasteiger charge is -2.32. The van der Waals surface area contributed by atoms with Crippen molar-refractivity contribution < 1.29 is 4.74 Å². The second-order valence-corrected chi connectivity index (χ2v) is 11.5. The van der Waals surface area contributed by atoms with Crippen LogP contribution in [0.3, 0.4) is 0 Å². The maximum atomic E-state index is 6.13. The highest BCUT2D eigenvalue weighted by Gasteiger charge is 2.24. The van der Waals surface area contributed by atoms with Crippen LogP contribution in [0.1, 0.15) is 135 Å². The van der Waals surface area contributed by atoms with Gasteiger partial charge in [0.15, 0.2) is 0 Å². The second kappa shape index (κ2) is 15.8. The summed E-state index contributed by atoms with van der Waals surface area (Å²) in [6, 6.07) is 9.04. The average Bonchev–Trinajstić information content (AvgIpc) is 2.87. The molecule has 3 rings (SSSR count). The third-order valence-corrected chi connectivity index (χ3v) is 9.04. The van der Waals surface area contributed by atoms with Crippen molar-refractivity contribution in [2.45, 2.75) is 136 Å². The minimum Gasteiger partial charge on any atom is -0.494 e. The zero-order chi connectivity index (χ0) is 23.1. The van der Waals surface area contributed by atoms with Gasteiger partial charge in [0.1, 0.15) is 5.75 Å². The normalized spacial score (nSPS) is 25.8. The molecule has 0 saturated heterocycles. The molecule has 1 aromatic rings. The van der Waals surface area contributed by atoms with E-state index in [1.54, 1.807) is 0 Å². The molecule has 0 bridgehead atoms. The van der Waals surface area contributed by atoms with E-state index in [-0.39, 0.29) is 0 Å². The lowest BCUT2D eigenvalue weighted by atomic mass is 9.74. The van der Waals surface area contributed by atoms with Crippen LogP contribution in [-0.2, 0) is 6.42 Å². The molecule has 1 heteroatoms. The number of rotatable bonds is 15. The third kappa shape index (κ3) is 10.0. The molecule has 2 aliphatic rings. The van der Waals surface area contributed by atoms with Gasteiger partial charge in [-0.05, 0) is 67.1 Å². The Kier molecular flexibility index (Phi) is 12.8. The van der Waals surface area contributed by atoms with E-state index in [4.69, 9.17) is 4.74 Å². The lowest BCUT2D eigenvalue weighted by Crippen LogP contribution is -2.20. The number of hydrogen-bond donors (Lipinski definition) is 0. The largest absolute Gasteiger partial charge is 0.494 e. The summed E-state index contributed by atoms with van der Waals surface area (Å²) in [6.45, 7) is 5.56. The number of unbranched alkanes of at least 4 members (excludes halogenated alkanes) is 4. The van der Waals surface area contributed by atoms with Crippen molar-refractivity contribution in [3.05, 3.63) is 29.8 Å². The Morgan fingerprint density at radius 3 is 1.97 bits per heavy atom. The highest BCUT2D eigenvalue weighted by Crippen LogP contribution is 2.37. The molecule has 33 heavy (non-hydrogen) atoms. The molecule has 188 valence electrons. The molecule has 2 saturated carbocycles. The zero-order valence-electron chi connectivity index (χ0n) is 22.2. The Morgan fingerprint density at radius 2 is 1.30 bits per heavy atom. The standard InChI is InChI=1S/C32H54O/c1-3-5-6-7-8-12-30-13-9-10-14-31(30)15-11-26-33-32-24-22-29(23-25-32)21-20-28-18-16-27(4-2)17-19-28/h22-25,27-28,30-31H,3-21,26H2,1-2H3. The van der Waals surface area contributed by atoms with Crippen LogP contribution in [-0.4, -0.2) is 6.61 Å². The van der Waals surface area contributed by atoms with Gasteiger partial charge in [0.2, 0.25) is 0 Å². The molecule has 2 unspecified atom stereocenters. The summed E-state index contributed by atoms with van der Waals surface area (Å²) in [5.41, 5.74) is 1.49. The Bertz CT molecular complexity index is 597. The lowest BCUT2D eigenvalue weighted by molar-refractivity contribution is 0.190. The van der Waals surface area contributed by atoms with E-state index in [0.717, 1.165) is 36.0 Å². The van der Waals surface area contributed by atoms with Gasteiger partial charge in [0.25, 0.3) is 0 Å². The van der Waals surface area contributed by atoms with Gasteiger partial charge in [-0.2, -0.15) is 0 Å². The molecule has 0 N–H and O–H groups in total. The Hall–Kier alpha value is -0.980. The minimum absolute atomic E-state index is 0.889. The molecule has 2 aliphatic carbocycles. The highest BCUT2D eigenvalue weighted by atomic mass is 16.5. The molecule has 0 radical (unpaired) electrons. The van der Waals surface area contributed by atoms with E-state index in [1.807, 2.05) is 0 Å². The van der Waals surface area contributed by atoms with E-state index in [1.165, 1.54) is 128 Å². The zero-order valence-corrected chi connectivity index (χ0v) is 22.2. The van der Waals surface area contributed by atoms with Crippen molar-refractivity contribution in [2.24, 2.45) is 23.7 Å². The third-order valence-electron chi connectivity index (χ3n) is 9.04. The summed E-state index contributed by atoms with van der Waals surface area (Å²) in [4.78, 5) is 0. The first-order valence-corrected chi connectivity index (χ1v) is 15.0. The van der Waals surface area contributed by atoms with Gasteiger partial charge in [-0.25, -0.2) is 0 Å². The number of ether oxygens (including phenoxy) is 1. The van der Waals surface area contributed by atoms with Crippen molar-refractivity contribution in [3.8, 4) is 5.75 Å². The smallest absolute Gasteiger partial charge is 0.119 e. The quantitative estimate of drug-likeness (QED) is 0.239. The predicted molar refractivity (Wildman–Crippen MR) is 144 cm³/mol. The number of benzene rings is 1. The average molecular weight is 455 g/mol. The summed E-state index contributed by atoms with van der Waals surface area (Å²) < 4.78 is 6.13. The summed E-state index contributed by atoms with van der Waals surface area (Å²) in [5, 5.41) is 0. The first-order chi connectivity index (χ1) is 16.3. The maximum absolute atomic E-state index is 6.13. The van der Waals surface area contributed by atoms with Gasteiger partial charge in [0, 0.05) is 0 Å². The SMILES string of the molecule is CCCCCCCC1CCCCC1CCCOc1ccc(CCC2CCC(CC)CC2)cc1. The van der Waals surface area contributed by atoms with Crippen molar-refractivity contribution in [1.82, 2.24) is 0 Å². The minimum atomic E-state index is 0.889. The van der Waals surface area contributed by atoms with Crippen molar-refractivity contribution in [3.63, 3.8) is 0 Å². The fourth-order valence-corrected chi connectivity index (χ4v) is 6.64. The Balaban J connectivity index is 1.28. The molecule has 0 spiro atoms. The Morgan fingerprint density at radius 1 is 0.667 bits per heavy atom. The number of hydrogen-bond acceptors (Lipinski definition) is 1. The first-order valence-electron chi connectivity index (χ1n) is 15.0. The van der Waals surface area contributed by atoms with Gasteiger partial charge in [-0.3, -0.25) is 0 Å². The molecule has 0 aromatic heterocycles. The van der Waals surface area contributed by atoms with Crippen LogP contribution in [0.15, 0.2) is 24.3 Å². The Labute approximate surface area is 206 Å². The molecule has 1 aromatic carbocycles. The van der Waals surface area contributed by atoms with Crippen LogP contribution in [0.5, 0.6) is 5.75 Å². The highest BCUT2D eigenvalue weighted by molar-refractivity contribution is 5.27. The van der Waals surface area contributed by atoms with Gasteiger partial charge in [-0.15, -0.1) is 0 Å². The van der Waals surface area contributed by atoms with Gasteiger partial charge in [-0.1, -0.05) is 122 Å². The summed E-state index contributed by atoms with van der Waals surface area (Å²) >= 11 is 0. The van der Waals surface area contributed by atoms with E-state index < -0.39 is 0 Å². The van der Waals surface area contributed by atoms with Gasteiger partial charge >= 0.3 is 0 Å². The van der Waals surface area contributed by atoms with E-state index >= 15 is 0 Å². The first kappa shape index (κ1) is 26.6. The van der Waals surface area contributed by atoms with Crippen LogP contribution in [0.4, 0.5) is 0 Å². The van der Waals surface area contributed by atoms with Crippen LogP contribution in [0.2, 0.25) is 0 Å². The second-order valence-electron chi connectivity index (χ2n) is 11.5. The molecular formula is C32H54O. The van der Waals surface area contributed by atoms with Crippen LogP contribution in [0, 0.1) is 23.7 Å². The van der Waals surface area contributed by atoms with Gasteiger partial charge < -0.3 is 4.74 Å². The molecule has 2 atom stereocenters. The fourth-order valence-electron chi connectivity index (χ4n) is 6.64. The molecule has 1 nitrogen and oxygen atoms in total. The summed E-state index contributed by atoms with van der Waals surface area (Å²) in [6.07, 6.45) is 26.9. The molecule has 2 fully saturated rings. The summed E-state index contributed by atoms with van der Waals surface area (Å²) in [5.74, 6) is 5.00. The van der Waals surface area contributed by atoms with Crippen LogP contribution in [0.25, 0.3) is 0 Å². The molecule has 0 amide bonds. The number of aryl methyl sites for hydroxylation is 1. The monoisotopic (exact) mass is 454 g/mol. The predicted octanol–water partition coefficient (Wildman–Crippen LogP) is 10.2.